The number of ether oxygens (including phenoxy) is 4. The van der Waals surface area contributed by atoms with E-state index in [1.54, 1.807) is 21.3 Å². The Morgan fingerprint density at radius 1 is 0.963 bits per heavy atom. The van der Waals surface area contributed by atoms with Gasteiger partial charge in [0.25, 0.3) is 0 Å². The third kappa shape index (κ3) is 7.89. The highest BCUT2D eigenvalue weighted by molar-refractivity contribution is 5.53. The van der Waals surface area contributed by atoms with Gasteiger partial charge in [-0.1, -0.05) is 0 Å². The molecule has 0 aliphatic carbocycles. The van der Waals surface area contributed by atoms with Crippen LogP contribution in [-0.2, 0) is 11.3 Å². The quantitative estimate of drug-likeness (QED) is 0.425. The molecule has 0 amide bonds. The van der Waals surface area contributed by atoms with E-state index in [4.69, 9.17) is 18.9 Å². The summed E-state index contributed by atoms with van der Waals surface area (Å²) in [5.74, 6) is 1.75. The first-order chi connectivity index (χ1) is 12.1. The fourth-order valence-corrected chi connectivity index (χ4v) is 2.91. The van der Waals surface area contributed by atoms with Gasteiger partial charge in [0.05, 0.1) is 40.6 Å². The largest absolute Gasteiger partial charge is 1.00 e. The molecule has 0 spiro atoms. The number of hydrogen-bond donors (Lipinski definition) is 1. The van der Waals surface area contributed by atoms with Crippen molar-refractivity contribution >= 4 is 0 Å². The monoisotopic (exact) mass is 424 g/mol. The third-order valence-electron chi connectivity index (χ3n) is 4.37. The molecule has 27 heavy (non-hydrogen) atoms. The van der Waals surface area contributed by atoms with Crippen molar-refractivity contribution in [3.05, 3.63) is 17.7 Å². The van der Waals surface area contributed by atoms with Gasteiger partial charge in [-0.25, -0.2) is 0 Å². The molecule has 1 atom stereocenters. The van der Waals surface area contributed by atoms with Gasteiger partial charge in [0.2, 0.25) is 5.75 Å². The summed E-state index contributed by atoms with van der Waals surface area (Å²) >= 11 is 0. The SMILES string of the molecule is COc1cc(COCC(O)CN2CCN(C)CC2)cc(OC)c1OC.[Cl-].[Cl-]. The number of nitrogens with zero attached hydrogens (tertiary/aromatic N) is 2. The van der Waals surface area contributed by atoms with E-state index >= 15 is 0 Å². The Morgan fingerprint density at radius 3 is 2.00 bits per heavy atom. The van der Waals surface area contributed by atoms with Crippen molar-refractivity contribution in [3.8, 4) is 17.2 Å². The number of benzene rings is 1. The van der Waals surface area contributed by atoms with Gasteiger partial charge in [-0.2, -0.15) is 0 Å². The topological polar surface area (TPSA) is 63.6 Å². The van der Waals surface area contributed by atoms with Crippen LogP contribution in [0, 0.1) is 0 Å². The fourth-order valence-electron chi connectivity index (χ4n) is 2.91. The Morgan fingerprint density at radius 2 is 1.52 bits per heavy atom. The van der Waals surface area contributed by atoms with Gasteiger partial charge in [0.1, 0.15) is 0 Å². The molecule has 1 saturated heterocycles. The molecule has 1 aliphatic rings. The standard InChI is InChI=1S/C18H30N2O5.2ClH/c1-19-5-7-20(8-6-19)11-15(21)13-25-12-14-9-16(22-2)18(24-4)17(10-14)23-3;;/h9-10,15,21H,5-8,11-13H2,1-4H3;2*1H/p-2. The van der Waals surface area contributed by atoms with Crippen LogP contribution >= 0.6 is 0 Å². The summed E-state index contributed by atoms with van der Waals surface area (Å²) in [6.07, 6.45) is -0.495. The maximum Gasteiger partial charge on any atom is 0.203 e. The van der Waals surface area contributed by atoms with E-state index in [2.05, 4.69) is 16.8 Å². The van der Waals surface area contributed by atoms with Gasteiger partial charge < -0.3 is 53.8 Å². The first kappa shape index (κ1) is 26.0. The average molecular weight is 425 g/mol. The molecule has 9 heteroatoms. The van der Waals surface area contributed by atoms with Crippen LogP contribution in [0.2, 0.25) is 0 Å². The molecular formula is C18H30Cl2N2O5-2. The maximum atomic E-state index is 10.2. The van der Waals surface area contributed by atoms with Gasteiger partial charge >= 0.3 is 0 Å². The zero-order chi connectivity index (χ0) is 18.2. The number of piperazine rings is 1. The molecular weight excluding hydrogens is 395 g/mol. The van der Waals surface area contributed by atoms with Crippen LogP contribution in [0.15, 0.2) is 12.1 Å². The van der Waals surface area contributed by atoms with E-state index in [0.29, 0.717) is 37.0 Å². The van der Waals surface area contributed by atoms with Crippen molar-refractivity contribution in [3.63, 3.8) is 0 Å². The minimum atomic E-state index is -0.495. The summed E-state index contributed by atoms with van der Waals surface area (Å²) in [5.41, 5.74) is 0.904. The lowest BCUT2D eigenvalue weighted by Crippen LogP contribution is -3.00. The van der Waals surface area contributed by atoms with E-state index < -0.39 is 6.10 Å². The first-order valence-corrected chi connectivity index (χ1v) is 8.53. The summed E-state index contributed by atoms with van der Waals surface area (Å²) in [4.78, 5) is 4.57. The lowest BCUT2D eigenvalue weighted by molar-refractivity contribution is -0.001000. The zero-order valence-corrected chi connectivity index (χ0v) is 17.9. The molecule has 1 unspecified atom stereocenters. The Hall–Kier alpha value is -0.960. The van der Waals surface area contributed by atoms with E-state index in [1.807, 2.05) is 12.1 Å². The number of rotatable bonds is 9. The minimum absolute atomic E-state index is 0. The highest BCUT2D eigenvalue weighted by Gasteiger charge is 2.17. The number of aliphatic hydroxyl groups is 1. The summed E-state index contributed by atoms with van der Waals surface area (Å²) in [6.45, 7) is 5.36. The second kappa shape index (κ2) is 13.3. The molecule has 0 aromatic heterocycles. The molecule has 1 N–H and O–H groups in total. The van der Waals surface area contributed by atoms with Gasteiger partial charge in [-0.15, -0.1) is 0 Å². The van der Waals surface area contributed by atoms with E-state index in [-0.39, 0.29) is 24.8 Å². The summed E-state index contributed by atoms with van der Waals surface area (Å²) in [6, 6.07) is 3.71. The Labute approximate surface area is 174 Å². The minimum Gasteiger partial charge on any atom is -1.00 e. The highest BCUT2D eigenvalue weighted by Crippen LogP contribution is 2.38. The molecule has 1 fully saturated rings. The van der Waals surface area contributed by atoms with Crippen molar-refractivity contribution < 1.29 is 48.9 Å². The molecule has 158 valence electrons. The number of likely N-dealkylation sites (N-methyl/N-ethyl adjacent to an activating group) is 1. The predicted molar refractivity (Wildman–Crippen MR) is 95.7 cm³/mol. The molecule has 1 aromatic carbocycles. The van der Waals surface area contributed by atoms with Crippen molar-refractivity contribution in [1.29, 1.82) is 0 Å². The number of halogens is 2. The van der Waals surface area contributed by atoms with Gasteiger partial charge in [-0.05, 0) is 24.7 Å². The fraction of sp³-hybridized carbons (Fsp3) is 0.667. The molecule has 2 rings (SSSR count). The molecule has 7 nitrogen and oxygen atoms in total. The molecule has 1 aliphatic heterocycles. The van der Waals surface area contributed by atoms with Crippen molar-refractivity contribution in [2.75, 3.05) is 67.7 Å². The van der Waals surface area contributed by atoms with Crippen LogP contribution in [0.4, 0.5) is 0 Å². The molecule has 0 bridgehead atoms. The molecule has 1 heterocycles. The Kier molecular flexibility index (Phi) is 12.8. The number of β-amino-alcohol motifs (C(OH)–C–C–N with tert-alkyl or cyclic N) is 1. The van der Waals surface area contributed by atoms with Gasteiger partial charge in [-0.3, -0.25) is 4.90 Å². The van der Waals surface area contributed by atoms with Crippen LogP contribution in [0.25, 0.3) is 0 Å². The van der Waals surface area contributed by atoms with Crippen LogP contribution in [0.5, 0.6) is 17.2 Å². The van der Waals surface area contributed by atoms with Crippen LogP contribution < -0.4 is 39.0 Å². The van der Waals surface area contributed by atoms with Gasteiger partial charge in [0, 0.05) is 32.7 Å². The zero-order valence-electron chi connectivity index (χ0n) is 16.4. The third-order valence-corrected chi connectivity index (χ3v) is 4.37. The lowest BCUT2D eigenvalue weighted by atomic mass is 10.2. The van der Waals surface area contributed by atoms with E-state index in [0.717, 1.165) is 31.7 Å². The van der Waals surface area contributed by atoms with Crippen molar-refractivity contribution in [2.24, 2.45) is 0 Å². The second-order valence-corrected chi connectivity index (χ2v) is 6.31. The number of methoxy groups -OCH3 is 3. The normalized spacial score (nSPS) is 16.0. The molecule has 0 radical (unpaired) electrons. The maximum absolute atomic E-state index is 10.2. The lowest BCUT2D eigenvalue weighted by Gasteiger charge is -2.33. The van der Waals surface area contributed by atoms with Crippen molar-refractivity contribution in [2.45, 2.75) is 12.7 Å². The Bertz CT molecular complexity index is 517. The van der Waals surface area contributed by atoms with Crippen molar-refractivity contribution in [1.82, 2.24) is 9.80 Å². The second-order valence-electron chi connectivity index (χ2n) is 6.31. The predicted octanol–water partition coefficient (Wildman–Crippen LogP) is -5.15. The first-order valence-electron chi connectivity index (χ1n) is 8.53. The average Bonchev–Trinajstić information content (AvgIpc) is 2.62. The Balaban J connectivity index is 0.00000338. The van der Waals surface area contributed by atoms with E-state index in [9.17, 15) is 5.11 Å². The molecule has 0 saturated carbocycles. The molecule has 1 aromatic rings. The van der Waals surface area contributed by atoms with Crippen LogP contribution in [0.1, 0.15) is 5.56 Å². The van der Waals surface area contributed by atoms with E-state index in [1.165, 1.54) is 0 Å². The summed E-state index contributed by atoms with van der Waals surface area (Å²) < 4.78 is 21.7. The van der Waals surface area contributed by atoms with Crippen LogP contribution in [0.3, 0.4) is 0 Å². The van der Waals surface area contributed by atoms with Crippen LogP contribution in [-0.4, -0.2) is 88.7 Å². The van der Waals surface area contributed by atoms with Gasteiger partial charge in [0.15, 0.2) is 11.5 Å². The summed E-state index contributed by atoms with van der Waals surface area (Å²) in [7, 11) is 6.86. The highest BCUT2D eigenvalue weighted by atomic mass is 35.5. The number of aliphatic hydroxyl groups excluding tert-OH is 1. The number of hydrogen-bond acceptors (Lipinski definition) is 7. The smallest absolute Gasteiger partial charge is 0.203 e. The summed E-state index contributed by atoms with van der Waals surface area (Å²) in [5, 5.41) is 10.2.